The van der Waals surface area contributed by atoms with Crippen molar-refractivity contribution >= 4 is 5.82 Å². The van der Waals surface area contributed by atoms with Crippen molar-refractivity contribution in [2.45, 2.75) is 32.4 Å². The number of aromatic nitrogens is 4. The van der Waals surface area contributed by atoms with Crippen LogP contribution in [0.3, 0.4) is 0 Å². The first kappa shape index (κ1) is 16.7. The highest BCUT2D eigenvalue weighted by atomic mass is 15.1. The zero-order valence-corrected chi connectivity index (χ0v) is 15.0. The van der Waals surface area contributed by atoms with E-state index in [-0.39, 0.29) is 6.04 Å². The molecular formula is C20H24N6. The molecule has 6 nitrogen and oxygen atoms in total. The van der Waals surface area contributed by atoms with E-state index in [9.17, 15) is 0 Å². The van der Waals surface area contributed by atoms with Gasteiger partial charge in [0.15, 0.2) is 0 Å². The summed E-state index contributed by atoms with van der Waals surface area (Å²) in [5.41, 5.74) is 3.64. The molecule has 1 atom stereocenters. The molecule has 0 saturated carbocycles. The second-order valence-electron chi connectivity index (χ2n) is 6.66. The third-order valence-corrected chi connectivity index (χ3v) is 4.76. The van der Waals surface area contributed by atoms with Crippen molar-refractivity contribution in [3.05, 3.63) is 71.7 Å². The molecule has 0 amide bonds. The quantitative estimate of drug-likeness (QED) is 0.742. The van der Waals surface area contributed by atoms with Crippen molar-refractivity contribution in [1.82, 2.24) is 24.8 Å². The Labute approximate surface area is 153 Å². The van der Waals surface area contributed by atoms with Crippen molar-refractivity contribution in [2.24, 2.45) is 0 Å². The molecular weight excluding hydrogens is 324 g/mol. The number of imidazole rings is 1. The molecule has 134 valence electrons. The fourth-order valence-corrected chi connectivity index (χ4v) is 3.48. The fourth-order valence-electron chi connectivity index (χ4n) is 3.48. The lowest BCUT2D eigenvalue weighted by Gasteiger charge is -2.23. The van der Waals surface area contributed by atoms with Crippen LogP contribution < -0.4 is 10.6 Å². The van der Waals surface area contributed by atoms with Crippen molar-refractivity contribution < 1.29 is 0 Å². The van der Waals surface area contributed by atoms with Crippen molar-refractivity contribution in [2.75, 3.05) is 18.4 Å². The maximum atomic E-state index is 4.75. The van der Waals surface area contributed by atoms with Crippen molar-refractivity contribution in [3.8, 4) is 0 Å². The van der Waals surface area contributed by atoms with Crippen LogP contribution in [-0.2, 0) is 19.4 Å². The molecule has 2 N–H and O–H groups in total. The summed E-state index contributed by atoms with van der Waals surface area (Å²) in [6.07, 6.45) is 7.56. The summed E-state index contributed by atoms with van der Waals surface area (Å²) in [5, 5.41) is 7.16. The highest BCUT2D eigenvalue weighted by Crippen LogP contribution is 2.25. The Morgan fingerprint density at radius 3 is 2.81 bits per heavy atom. The Balaban J connectivity index is 1.68. The molecule has 0 spiro atoms. The number of benzene rings is 1. The first-order valence-corrected chi connectivity index (χ1v) is 9.14. The standard InChI is InChI=1S/C20H24N6/c1-15-23-18-8-10-21-9-7-17(18)20(24-15)25-19(13-26-12-11-22-14-26)16-5-3-2-4-6-16/h2-6,11-12,14,19,21H,7-10,13H2,1H3,(H,23,24,25). The van der Waals surface area contributed by atoms with Gasteiger partial charge in [0, 0.05) is 37.5 Å². The predicted molar refractivity (Wildman–Crippen MR) is 102 cm³/mol. The minimum Gasteiger partial charge on any atom is -0.361 e. The first-order valence-electron chi connectivity index (χ1n) is 9.14. The third kappa shape index (κ3) is 3.75. The zero-order chi connectivity index (χ0) is 17.8. The number of nitrogens with one attached hydrogen (secondary N) is 2. The Morgan fingerprint density at radius 1 is 1.15 bits per heavy atom. The van der Waals surface area contributed by atoms with Gasteiger partial charge in [-0.3, -0.25) is 0 Å². The normalized spacial score (nSPS) is 15.1. The van der Waals surface area contributed by atoms with E-state index < -0.39 is 0 Å². The molecule has 1 aromatic carbocycles. The van der Waals surface area contributed by atoms with E-state index in [2.05, 4.69) is 49.4 Å². The molecule has 2 aromatic heterocycles. The number of anilines is 1. The van der Waals surface area contributed by atoms with Gasteiger partial charge in [0.25, 0.3) is 0 Å². The van der Waals surface area contributed by atoms with E-state index in [1.54, 1.807) is 0 Å². The summed E-state index contributed by atoms with van der Waals surface area (Å²) in [6.45, 7) is 4.70. The van der Waals surface area contributed by atoms with Gasteiger partial charge in [0.2, 0.25) is 0 Å². The highest BCUT2D eigenvalue weighted by molar-refractivity contribution is 5.49. The van der Waals surface area contributed by atoms with Gasteiger partial charge in [0.05, 0.1) is 18.1 Å². The zero-order valence-electron chi connectivity index (χ0n) is 15.0. The van der Waals surface area contributed by atoms with E-state index in [4.69, 9.17) is 4.98 Å². The second kappa shape index (κ2) is 7.66. The van der Waals surface area contributed by atoms with Crippen LogP contribution in [0.25, 0.3) is 0 Å². The molecule has 0 bridgehead atoms. The molecule has 0 aliphatic carbocycles. The molecule has 3 aromatic rings. The maximum Gasteiger partial charge on any atom is 0.133 e. The topological polar surface area (TPSA) is 67.7 Å². The van der Waals surface area contributed by atoms with Crippen molar-refractivity contribution in [3.63, 3.8) is 0 Å². The summed E-state index contributed by atoms with van der Waals surface area (Å²) in [5.74, 6) is 1.78. The van der Waals surface area contributed by atoms with Crippen LogP contribution in [0.15, 0.2) is 49.1 Å². The lowest BCUT2D eigenvalue weighted by Crippen LogP contribution is -2.20. The predicted octanol–water partition coefficient (Wildman–Crippen LogP) is 2.52. The largest absolute Gasteiger partial charge is 0.361 e. The summed E-state index contributed by atoms with van der Waals surface area (Å²) < 4.78 is 2.10. The minimum absolute atomic E-state index is 0.111. The molecule has 26 heavy (non-hydrogen) atoms. The van der Waals surface area contributed by atoms with Gasteiger partial charge in [0.1, 0.15) is 11.6 Å². The highest BCUT2D eigenvalue weighted by Gasteiger charge is 2.19. The van der Waals surface area contributed by atoms with Crippen LogP contribution >= 0.6 is 0 Å². The number of fused-ring (bicyclic) bond motifs is 1. The van der Waals surface area contributed by atoms with Gasteiger partial charge < -0.3 is 15.2 Å². The Morgan fingerprint density at radius 2 is 2.00 bits per heavy atom. The average Bonchev–Trinajstić information content (AvgIpc) is 3.05. The number of hydrogen-bond acceptors (Lipinski definition) is 5. The SMILES string of the molecule is Cc1nc2c(c(NC(Cn3ccnc3)c3ccccc3)n1)CCNCC2. The van der Waals surface area contributed by atoms with Crippen LogP contribution in [0, 0.1) is 6.92 Å². The maximum absolute atomic E-state index is 4.75. The molecule has 4 rings (SSSR count). The lowest BCUT2D eigenvalue weighted by atomic mass is 10.0. The van der Waals surface area contributed by atoms with Gasteiger partial charge in [-0.05, 0) is 25.5 Å². The van der Waals surface area contributed by atoms with Crippen molar-refractivity contribution in [1.29, 1.82) is 0 Å². The Hall–Kier alpha value is -2.73. The van der Waals surface area contributed by atoms with Gasteiger partial charge in [-0.15, -0.1) is 0 Å². The average molecular weight is 348 g/mol. The van der Waals surface area contributed by atoms with E-state index in [0.717, 1.165) is 44.1 Å². The Bertz CT molecular complexity index is 844. The van der Waals surface area contributed by atoms with E-state index in [1.807, 2.05) is 31.7 Å². The Kier molecular flexibility index (Phi) is 4.93. The first-order chi connectivity index (χ1) is 12.8. The lowest BCUT2D eigenvalue weighted by molar-refractivity contribution is 0.604. The molecule has 0 saturated heterocycles. The van der Waals surface area contributed by atoms with E-state index in [0.29, 0.717) is 0 Å². The minimum atomic E-state index is 0.111. The molecule has 3 heterocycles. The van der Waals surface area contributed by atoms with E-state index >= 15 is 0 Å². The van der Waals surface area contributed by atoms with Gasteiger partial charge in [-0.25, -0.2) is 15.0 Å². The molecule has 0 radical (unpaired) electrons. The number of hydrogen-bond donors (Lipinski definition) is 2. The van der Waals surface area contributed by atoms with Gasteiger partial charge >= 0.3 is 0 Å². The van der Waals surface area contributed by atoms with Crippen LogP contribution in [0.4, 0.5) is 5.82 Å². The summed E-state index contributed by atoms with van der Waals surface area (Å²) in [6, 6.07) is 10.6. The van der Waals surface area contributed by atoms with Gasteiger partial charge in [-0.2, -0.15) is 0 Å². The number of rotatable bonds is 5. The third-order valence-electron chi connectivity index (χ3n) is 4.76. The van der Waals surface area contributed by atoms with Gasteiger partial charge in [-0.1, -0.05) is 30.3 Å². The molecule has 1 aliphatic heterocycles. The summed E-state index contributed by atoms with van der Waals surface area (Å²) >= 11 is 0. The molecule has 6 heteroatoms. The number of nitrogens with zero attached hydrogens (tertiary/aromatic N) is 4. The van der Waals surface area contributed by atoms with Crippen LogP contribution in [0.2, 0.25) is 0 Å². The van der Waals surface area contributed by atoms with Crippen LogP contribution in [0.5, 0.6) is 0 Å². The second-order valence-corrected chi connectivity index (χ2v) is 6.66. The summed E-state index contributed by atoms with van der Waals surface area (Å²) in [4.78, 5) is 13.6. The number of aryl methyl sites for hydroxylation is 1. The summed E-state index contributed by atoms with van der Waals surface area (Å²) in [7, 11) is 0. The van der Waals surface area contributed by atoms with Crippen LogP contribution in [-0.4, -0.2) is 32.6 Å². The molecule has 0 fully saturated rings. The fraction of sp³-hybridized carbons (Fsp3) is 0.350. The van der Waals surface area contributed by atoms with Crippen LogP contribution in [0.1, 0.15) is 28.7 Å². The monoisotopic (exact) mass is 348 g/mol. The smallest absolute Gasteiger partial charge is 0.133 e. The molecule has 1 unspecified atom stereocenters. The molecule has 1 aliphatic rings. The van der Waals surface area contributed by atoms with E-state index in [1.165, 1.54) is 16.8 Å².